The second kappa shape index (κ2) is 8.70. The van der Waals surface area contributed by atoms with Gasteiger partial charge in [-0.05, 0) is 37.1 Å². The molecule has 0 aromatic heterocycles. The summed E-state index contributed by atoms with van der Waals surface area (Å²) in [6.07, 6.45) is -3.92. The Kier molecular flexibility index (Phi) is 6.60. The van der Waals surface area contributed by atoms with Crippen LogP contribution in [0.2, 0.25) is 0 Å². The summed E-state index contributed by atoms with van der Waals surface area (Å²) in [5.74, 6) is -1.51. The second-order valence-electron chi connectivity index (χ2n) is 6.09. The molecule has 0 bridgehead atoms. The molecule has 144 valence electrons. The summed E-state index contributed by atoms with van der Waals surface area (Å²) in [6, 6.07) is 11.3. The SMILES string of the molecule is CC[C@@H](NC(=O)COC(=O)c1cccc(C(F)(F)F)c1)c1ccc(C)cc1. The van der Waals surface area contributed by atoms with E-state index >= 15 is 0 Å². The molecule has 0 unspecified atom stereocenters. The Morgan fingerprint density at radius 2 is 1.78 bits per heavy atom. The molecule has 0 heterocycles. The molecule has 0 aliphatic rings. The van der Waals surface area contributed by atoms with Crippen molar-refractivity contribution >= 4 is 11.9 Å². The molecule has 1 amide bonds. The van der Waals surface area contributed by atoms with Gasteiger partial charge in [0.25, 0.3) is 5.91 Å². The third kappa shape index (κ3) is 5.84. The van der Waals surface area contributed by atoms with Crippen molar-refractivity contribution in [1.29, 1.82) is 0 Å². The Morgan fingerprint density at radius 1 is 1.11 bits per heavy atom. The molecule has 0 fully saturated rings. The van der Waals surface area contributed by atoms with Crippen LogP contribution in [0, 0.1) is 6.92 Å². The van der Waals surface area contributed by atoms with Crippen LogP contribution < -0.4 is 5.32 Å². The van der Waals surface area contributed by atoms with Crippen LogP contribution in [-0.4, -0.2) is 18.5 Å². The highest BCUT2D eigenvalue weighted by Gasteiger charge is 2.31. The Bertz CT molecular complexity index is 801. The average Bonchev–Trinajstić information content (AvgIpc) is 2.64. The fourth-order valence-corrected chi connectivity index (χ4v) is 2.49. The Balaban J connectivity index is 1.94. The molecule has 2 rings (SSSR count). The second-order valence-corrected chi connectivity index (χ2v) is 6.09. The van der Waals surface area contributed by atoms with Crippen LogP contribution >= 0.6 is 0 Å². The van der Waals surface area contributed by atoms with Gasteiger partial charge in [-0.25, -0.2) is 4.79 Å². The van der Waals surface area contributed by atoms with Crippen LogP contribution in [0.3, 0.4) is 0 Å². The number of rotatable bonds is 6. The first-order chi connectivity index (χ1) is 12.7. The smallest absolute Gasteiger partial charge is 0.416 e. The molecule has 27 heavy (non-hydrogen) atoms. The number of hydrogen-bond acceptors (Lipinski definition) is 3. The van der Waals surface area contributed by atoms with E-state index in [0.717, 1.165) is 23.3 Å². The first-order valence-electron chi connectivity index (χ1n) is 8.41. The Morgan fingerprint density at radius 3 is 2.37 bits per heavy atom. The van der Waals surface area contributed by atoms with Crippen molar-refractivity contribution in [1.82, 2.24) is 5.32 Å². The zero-order valence-corrected chi connectivity index (χ0v) is 15.0. The summed E-state index contributed by atoms with van der Waals surface area (Å²) in [5, 5.41) is 2.75. The van der Waals surface area contributed by atoms with E-state index in [1.807, 2.05) is 38.1 Å². The van der Waals surface area contributed by atoms with E-state index in [0.29, 0.717) is 12.5 Å². The van der Waals surface area contributed by atoms with Gasteiger partial charge in [0.15, 0.2) is 6.61 Å². The zero-order valence-electron chi connectivity index (χ0n) is 15.0. The van der Waals surface area contributed by atoms with Crippen LogP contribution in [0.1, 0.15) is 46.4 Å². The van der Waals surface area contributed by atoms with Gasteiger partial charge in [0.05, 0.1) is 17.2 Å². The van der Waals surface area contributed by atoms with Crippen LogP contribution in [0.25, 0.3) is 0 Å². The number of hydrogen-bond donors (Lipinski definition) is 1. The van der Waals surface area contributed by atoms with Crippen molar-refractivity contribution in [3.63, 3.8) is 0 Å². The van der Waals surface area contributed by atoms with Gasteiger partial charge in [0, 0.05) is 0 Å². The molecule has 0 saturated carbocycles. The van der Waals surface area contributed by atoms with Crippen molar-refractivity contribution < 1.29 is 27.5 Å². The summed E-state index contributed by atoms with van der Waals surface area (Å²) in [5.41, 5.74) is 0.797. The van der Waals surface area contributed by atoms with E-state index < -0.39 is 30.2 Å². The number of esters is 1. The van der Waals surface area contributed by atoms with Crippen LogP contribution in [0.5, 0.6) is 0 Å². The molecule has 0 aliphatic carbocycles. The van der Waals surface area contributed by atoms with Crippen molar-refractivity contribution in [3.05, 3.63) is 70.8 Å². The van der Waals surface area contributed by atoms with Crippen molar-refractivity contribution in [2.75, 3.05) is 6.61 Å². The molecule has 0 radical (unpaired) electrons. The highest BCUT2D eigenvalue weighted by molar-refractivity contribution is 5.91. The summed E-state index contributed by atoms with van der Waals surface area (Å²) < 4.78 is 42.9. The summed E-state index contributed by atoms with van der Waals surface area (Å²) >= 11 is 0. The standard InChI is InChI=1S/C20H20F3NO3/c1-3-17(14-9-7-13(2)8-10-14)24-18(25)12-27-19(26)15-5-4-6-16(11-15)20(21,22)23/h4-11,17H,3,12H2,1-2H3,(H,24,25)/t17-/m1/s1. The quantitative estimate of drug-likeness (QED) is 0.755. The molecule has 2 aromatic rings. The lowest BCUT2D eigenvalue weighted by Gasteiger charge is -2.17. The number of ether oxygens (including phenoxy) is 1. The van der Waals surface area contributed by atoms with Gasteiger partial charge in [-0.2, -0.15) is 13.2 Å². The van der Waals surface area contributed by atoms with Gasteiger partial charge in [-0.15, -0.1) is 0 Å². The minimum atomic E-state index is -4.56. The third-order valence-corrected chi connectivity index (χ3v) is 3.98. The average molecular weight is 379 g/mol. The van der Waals surface area contributed by atoms with E-state index in [9.17, 15) is 22.8 Å². The zero-order chi connectivity index (χ0) is 20.0. The van der Waals surface area contributed by atoms with E-state index in [2.05, 4.69) is 5.32 Å². The van der Waals surface area contributed by atoms with E-state index in [1.54, 1.807) is 0 Å². The lowest BCUT2D eigenvalue weighted by atomic mass is 10.0. The molecule has 4 nitrogen and oxygen atoms in total. The number of alkyl halides is 3. The molecular formula is C20H20F3NO3. The molecule has 2 aromatic carbocycles. The highest BCUT2D eigenvalue weighted by Crippen LogP contribution is 2.29. The maximum Gasteiger partial charge on any atom is 0.416 e. The van der Waals surface area contributed by atoms with Gasteiger partial charge >= 0.3 is 12.1 Å². The van der Waals surface area contributed by atoms with E-state index in [-0.39, 0.29) is 11.6 Å². The predicted octanol–water partition coefficient (Wildman–Crippen LogP) is 4.44. The lowest BCUT2D eigenvalue weighted by molar-refractivity contribution is -0.137. The minimum absolute atomic E-state index is 0.245. The van der Waals surface area contributed by atoms with Crippen LogP contribution in [-0.2, 0) is 15.7 Å². The predicted molar refractivity (Wildman–Crippen MR) is 94.1 cm³/mol. The van der Waals surface area contributed by atoms with Crippen molar-refractivity contribution in [3.8, 4) is 0 Å². The summed E-state index contributed by atoms with van der Waals surface area (Å²) in [4.78, 5) is 24.0. The topological polar surface area (TPSA) is 55.4 Å². The normalized spacial score (nSPS) is 12.3. The van der Waals surface area contributed by atoms with Gasteiger partial charge in [0.1, 0.15) is 0 Å². The number of amides is 1. The molecule has 0 aliphatic heterocycles. The van der Waals surface area contributed by atoms with Gasteiger partial charge in [-0.1, -0.05) is 42.8 Å². The number of nitrogens with one attached hydrogen (secondary N) is 1. The molecule has 0 spiro atoms. The van der Waals surface area contributed by atoms with Crippen molar-refractivity contribution in [2.24, 2.45) is 0 Å². The van der Waals surface area contributed by atoms with Crippen LogP contribution in [0.4, 0.5) is 13.2 Å². The highest BCUT2D eigenvalue weighted by atomic mass is 19.4. The molecule has 7 heteroatoms. The first kappa shape index (κ1) is 20.5. The molecule has 1 N–H and O–H groups in total. The number of halogens is 3. The Hall–Kier alpha value is -2.83. The van der Waals surface area contributed by atoms with E-state index in [4.69, 9.17) is 4.74 Å². The van der Waals surface area contributed by atoms with Gasteiger partial charge in [-0.3, -0.25) is 4.79 Å². The number of aryl methyl sites for hydroxylation is 1. The molecule has 0 saturated heterocycles. The number of carbonyl (C=O) groups excluding carboxylic acids is 2. The van der Waals surface area contributed by atoms with E-state index in [1.165, 1.54) is 6.07 Å². The summed E-state index contributed by atoms with van der Waals surface area (Å²) in [6.45, 7) is 3.29. The van der Waals surface area contributed by atoms with Gasteiger partial charge < -0.3 is 10.1 Å². The first-order valence-corrected chi connectivity index (χ1v) is 8.41. The maximum absolute atomic E-state index is 12.7. The number of carbonyl (C=O) groups is 2. The monoisotopic (exact) mass is 379 g/mol. The minimum Gasteiger partial charge on any atom is -0.452 e. The van der Waals surface area contributed by atoms with Gasteiger partial charge in [0.2, 0.25) is 0 Å². The van der Waals surface area contributed by atoms with Crippen molar-refractivity contribution in [2.45, 2.75) is 32.5 Å². The third-order valence-electron chi connectivity index (χ3n) is 3.98. The molecular weight excluding hydrogens is 359 g/mol. The molecule has 1 atom stereocenters. The largest absolute Gasteiger partial charge is 0.452 e. The van der Waals surface area contributed by atoms with Crippen LogP contribution in [0.15, 0.2) is 48.5 Å². The lowest BCUT2D eigenvalue weighted by Crippen LogP contribution is -2.32. The fourth-order valence-electron chi connectivity index (χ4n) is 2.49. The number of benzene rings is 2. The maximum atomic E-state index is 12.7. The fraction of sp³-hybridized carbons (Fsp3) is 0.300. The Labute approximate surface area is 155 Å². The summed E-state index contributed by atoms with van der Waals surface area (Å²) in [7, 11) is 0.